The van der Waals surface area contributed by atoms with Gasteiger partial charge < -0.3 is 18.9 Å². The van der Waals surface area contributed by atoms with Crippen molar-refractivity contribution in [2.24, 2.45) is 0 Å². The lowest BCUT2D eigenvalue weighted by molar-refractivity contribution is -0.385. The maximum Gasteiger partial charge on any atom is 0.343 e. The molecule has 3 aromatic carbocycles. The van der Waals surface area contributed by atoms with Crippen LogP contribution in [-0.4, -0.2) is 25.1 Å². The molecule has 4 rings (SSSR count). The van der Waals surface area contributed by atoms with Gasteiger partial charge in [-0.05, 0) is 48.0 Å². The van der Waals surface area contributed by atoms with Crippen molar-refractivity contribution in [3.63, 3.8) is 0 Å². The Morgan fingerprint density at radius 2 is 1.71 bits per heavy atom. The Balaban J connectivity index is 1.66. The van der Waals surface area contributed by atoms with Crippen molar-refractivity contribution in [1.82, 2.24) is 0 Å². The van der Waals surface area contributed by atoms with E-state index in [1.54, 1.807) is 37.5 Å². The van der Waals surface area contributed by atoms with Gasteiger partial charge >= 0.3 is 5.97 Å². The summed E-state index contributed by atoms with van der Waals surface area (Å²) in [6.45, 7) is 0.217. The topological polar surface area (TPSA) is 97.1 Å². The highest BCUT2D eigenvalue weighted by atomic mass is 16.6. The number of hydrogen-bond acceptors (Lipinski definition) is 7. The molecule has 1 heterocycles. The third-order valence-electron chi connectivity index (χ3n) is 5.16. The highest BCUT2D eigenvalue weighted by Gasteiger charge is 2.25. The number of ether oxygens (including phenoxy) is 4. The summed E-state index contributed by atoms with van der Waals surface area (Å²) in [6, 6.07) is 19.2. The molecule has 0 saturated heterocycles. The maximum atomic E-state index is 12.5. The van der Waals surface area contributed by atoms with E-state index in [4.69, 9.17) is 18.9 Å². The van der Waals surface area contributed by atoms with Gasteiger partial charge in [0, 0.05) is 5.56 Å². The molecule has 0 fully saturated rings. The number of nitro groups is 1. The Labute approximate surface area is 195 Å². The molecular weight excluding hydrogens is 438 g/mol. The molecule has 0 saturated carbocycles. The molecule has 0 amide bonds. The summed E-state index contributed by atoms with van der Waals surface area (Å²) in [4.78, 5) is 23.7. The first-order chi connectivity index (χ1) is 16.5. The predicted octanol–water partition coefficient (Wildman–Crippen LogP) is 5.17. The molecule has 0 aromatic heterocycles. The van der Waals surface area contributed by atoms with E-state index in [-0.39, 0.29) is 29.2 Å². The second-order valence-electron chi connectivity index (χ2n) is 7.32. The average molecular weight is 459 g/mol. The molecule has 8 heteroatoms. The first-order valence-corrected chi connectivity index (χ1v) is 10.3. The summed E-state index contributed by atoms with van der Waals surface area (Å²) in [6.07, 6.45) is 2.95. The normalized spacial score (nSPS) is 13.9. The van der Waals surface area contributed by atoms with E-state index in [0.29, 0.717) is 22.8 Å². The maximum absolute atomic E-state index is 12.5. The highest BCUT2D eigenvalue weighted by molar-refractivity contribution is 6.05. The van der Waals surface area contributed by atoms with Crippen LogP contribution in [0.2, 0.25) is 0 Å². The van der Waals surface area contributed by atoms with Crippen LogP contribution in [0.5, 0.6) is 17.2 Å². The quantitative estimate of drug-likeness (QED) is 0.198. The lowest BCUT2D eigenvalue weighted by Gasteiger charge is -2.12. The molecule has 0 atom stereocenters. The molecule has 0 bridgehead atoms. The summed E-state index contributed by atoms with van der Waals surface area (Å²) >= 11 is 0. The SMILES string of the molecule is COc1ccc(C2=C/C(=C\c3cc(OC)c(OCc4ccccc4)cc3[N+](=O)[O-])C(=O)O2)cc1. The number of nitrogens with zero attached hydrogens (tertiary/aromatic N) is 1. The van der Waals surface area contributed by atoms with Crippen molar-refractivity contribution in [3.8, 4) is 17.2 Å². The van der Waals surface area contributed by atoms with Crippen molar-refractivity contribution in [1.29, 1.82) is 0 Å². The minimum Gasteiger partial charge on any atom is -0.497 e. The smallest absolute Gasteiger partial charge is 0.343 e. The summed E-state index contributed by atoms with van der Waals surface area (Å²) in [5, 5.41) is 11.8. The first kappa shape index (κ1) is 22.6. The predicted molar refractivity (Wildman–Crippen MR) is 125 cm³/mol. The van der Waals surface area contributed by atoms with E-state index >= 15 is 0 Å². The Morgan fingerprint density at radius 3 is 2.35 bits per heavy atom. The van der Waals surface area contributed by atoms with Crippen LogP contribution < -0.4 is 14.2 Å². The van der Waals surface area contributed by atoms with Gasteiger partial charge in [-0.2, -0.15) is 0 Å². The van der Waals surface area contributed by atoms with E-state index in [0.717, 1.165) is 5.56 Å². The van der Waals surface area contributed by atoms with Crippen LogP contribution in [0.25, 0.3) is 11.8 Å². The molecule has 0 radical (unpaired) electrons. The fourth-order valence-corrected chi connectivity index (χ4v) is 3.40. The third-order valence-corrected chi connectivity index (χ3v) is 5.16. The molecule has 0 spiro atoms. The second-order valence-corrected chi connectivity index (χ2v) is 7.32. The number of esters is 1. The van der Waals surface area contributed by atoms with E-state index in [1.165, 1.54) is 25.3 Å². The Morgan fingerprint density at radius 1 is 0.971 bits per heavy atom. The van der Waals surface area contributed by atoms with Crippen LogP contribution in [-0.2, 0) is 16.1 Å². The fraction of sp³-hybridized carbons (Fsp3) is 0.115. The summed E-state index contributed by atoms with van der Waals surface area (Å²) in [7, 11) is 3.00. The van der Waals surface area contributed by atoms with Crippen molar-refractivity contribution >= 4 is 23.5 Å². The molecule has 8 nitrogen and oxygen atoms in total. The lowest BCUT2D eigenvalue weighted by atomic mass is 10.1. The molecule has 1 aliphatic heterocycles. The van der Waals surface area contributed by atoms with Crippen LogP contribution in [0.3, 0.4) is 0 Å². The van der Waals surface area contributed by atoms with E-state index < -0.39 is 10.9 Å². The number of hydrogen-bond donors (Lipinski definition) is 0. The highest BCUT2D eigenvalue weighted by Crippen LogP contribution is 2.37. The third kappa shape index (κ3) is 4.91. The molecule has 1 aliphatic rings. The van der Waals surface area contributed by atoms with Gasteiger partial charge in [0.1, 0.15) is 18.1 Å². The van der Waals surface area contributed by atoms with Gasteiger partial charge in [0.2, 0.25) is 0 Å². The van der Waals surface area contributed by atoms with Crippen LogP contribution in [0.1, 0.15) is 16.7 Å². The van der Waals surface area contributed by atoms with Crippen LogP contribution in [0.15, 0.2) is 78.4 Å². The summed E-state index contributed by atoms with van der Waals surface area (Å²) < 4.78 is 21.7. The molecule has 34 heavy (non-hydrogen) atoms. The molecular formula is C26H21NO7. The molecule has 0 unspecified atom stereocenters. The van der Waals surface area contributed by atoms with Crippen LogP contribution >= 0.6 is 0 Å². The van der Waals surface area contributed by atoms with Crippen molar-refractivity contribution in [2.75, 3.05) is 14.2 Å². The Hall–Kier alpha value is -4.59. The van der Waals surface area contributed by atoms with Gasteiger partial charge in [0.05, 0.1) is 36.3 Å². The standard InChI is InChI=1S/C26H21NO7/c1-31-21-10-8-18(9-11-21)23-14-20(26(28)34-23)12-19-13-24(32-2)25(15-22(19)27(29)30)33-16-17-6-4-3-5-7-17/h3-15H,16H2,1-2H3/b20-12+. The largest absolute Gasteiger partial charge is 0.497 e. The molecule has 0 aliphatic carbocycles. The zero-order valence-corrected chi connectivity index (χ0v) is 18.5. The van der Waals surface area contributed by atoms with Gasteiger partial charge in [-0.3, -0.25) is 10.1 Å². The minimum absolute atomic E-state index is 0.175. The minimum atomic E-state index is -0.608. The van der Waals surface area contributed by atoms with Crippen molar-refractivity contribution < 1.29 is 28.7 Å². The zero-order valence-electron chi connectivity index (χ0n) is 18.5. The number of carbonyl (C=O) groups excluding carboxylic acids is 1. The van der Waals surface area contributed by atoms with Gasteiger partial charge in [0.15, 0.2) is 11.5 Å². The molecule has 3 aromatic rings. The van der Waals surface area contributed by atoms with Gasteiger partial charge in [-0.25, -0.2) is 4.79 Å². The second kappa shape index (κ2) is 9.91. The van der Waals surface area contributed by atoms with Gasteiger partial charge in [0.25, 0.3) is 5.69 Å². The zero-order chi connectivity index (χ0) is 24.1. The summed E-state index contributed by atoms with van der Waals surface area (Å²) in [5.74, 6) is 0.935. The van der Waals surface area contributed by atoms with Crippen LogP contribution in [0.4, 0.5) is 5.69 Å². The van der Waals surface area contributed by atoms with Gasteiger partial charge in [-0.15, -0.1) is 0 Å². The number of benzene rings is 3. The summed E-state index contributed by atoms with van der Waals surface area (Å²) in [5.41, 5.74) is 1.72. The van der Waals surface area contributed by atoms with E-state index in [1.807, 2.05) is 30.3 Å². The van der Waals surface area contributed by atoms with Crippen molar-refractivity contribution in [2.45, 2.75) is 6.61 Å². The van der Waals surface area contributed by atoms with E-state index in [2.05, 4.69) is 0 Å². The Kier molecular flexibility index (Phi) is 6.59. The fourth-order valence-electron chi connectivity index (χ4n) is 3.40. The number of nitro benzene ring substituents is 1. The molecule has 172 valence electrons. The van der Waals surface area contributed by atoms with E-state index in [9.17, 15) is 14.9 Å². The number of cyclic esters (lactones) is 1. The lowest BCUT2D eigenvalue weighted by Crippen LogP contribution is -2.01. The van der Waals surface area contributed by atoms with Crippen molar-refractivity contribution in [3.05, 3.63) is 105 Å². The molecule has 0 N–H and O–H groups in total. The number of carbonyl (C=O) groups is 1. The number of rotatable bonds is 8. The Bertz CT molecular complexity index is 1280. The first-order valence-electron chi connectivity index (χ1n) is 10.3. The van der Waals surface area contributed by atoms with Gasteiger partial charge in [-0.1, -0.05) is 30.3 Å². The number of methoxy groups -OCH3 is 2. The average Bonchev–Trinajstić information content (AvgIpc) is 3.23. The monoisotopic (exact) mass is 459 g/mol. The van der Waals surface area contributed by atoms with Crippen LogP contribution in [0, 0.1) is 10.1 Å².